The van der Waals surface area contributed by atoms with Crippen LogP contribution in [-0.2, 0) is 4.79 Å². The highest BCUT2D eigenvalue weighted by molar-refractivity contribution is 5.84. The standard InChI is InChI=1S/C8H17N2O/c1-7(2)10(8(3)11)6-9(4)5/h6-7H,1-5H3/q+1. The third kappa shape index (κ3) is 3.75. The maximum Gasteiger partial charge on any atom is 0.306 e. The maximum atomic E-state index is 11.0. The van der Waals surface area contributed by atoms with E-state index in [9.17, 15) is 4.79 Å². The van der Waals surface area contributed by atoms with Gasteiger partial charge in [-0.3, -0.25) is 4.58 Å². The summed E-state index contributed by atoms with van der Waals surface area (Å²) in [7, 11) is 3.80. The van der Waals surface area contributed by atoms with E-state index in [2.05, 4.69) is 0 Å². The maximum absolute atomic E-state index is 11.0. The number of rotatable bonds is 2. The number of carbonyl (C=O) groups is 1. The highest BCUT2D eigenvalue weighted by Gasteiger charge is 2.16. The van der Waals surface area contributed by atoms with Crippen LogP contribution in [0.5, 0.6) is 0 Å². The molecule has 0 bridgehead atoms. The van der Waals surface area contributed by atoms with Crippen molar-refractivity contribution >= 4 is 12.2 Å². The van der Waals surface area contributed by atoms with E-state index in [4.69, 9.17) is 0 Å². The van der Waals surface area contributed by atoms with E-state index >= 15 is 0 Å². The molecule has 0 unspecified atom stereocenters. The molecule has 0 radical (unpaired) electrons. The lowest BCUT2D eigenvalue weighted by Gasteiger charge is -2.12. The summed E-state index contributed by atoms with van der Waals surface area (Å²) in [6, 6.07) is 0.231. The van der Waals surface area contributed by atoms with E-state index in [0.29, 0.717) is 0 Å². The molecular formula is C8H17N2O+. The second-order valence-corrected chi connectivity index (χ2v) is 3.10. The molecule has 0 aromatic heterocycles. The lowest BCUT2D eigenvalue weighted by Crippen LogP contribution is -2.36. The minimum Gasteiger partial charge on any atom is -0.273 e. The van der Waals surface area contributed by atoms with Gasteiger partial charge in [-0.2, -0.15) is 0 Å². The Morgan fingerprint density at radius 3 is 2.00 bits per heavy atom. The van der Waals surface area contributed by atoms with Crippen molar-refractivity contribution in [2.45, 2.75) is 26.8 Å². The Hall–Kier alpha value is -0.860. The largest absolute Gasteiger partial charge is 0.306 e. The molecule has 0 spiro atoms. The predicted octanol–water partition coefficient (Wildman–Crippen LogP) is 0.544. The van der Waals surface area contributed by atoms with Gasteiger partial charge in [-0.05, 0) is 13.8 Å². The third-order valence-electron chi connectivity index (χ3n) is 1.28. The van der Waals surface area contributed by atoms with Crippen LogP contribution in [-0.4, -0.2) is 41.9 Å². The average molecular weight is 157 g/mol. The van der Waals surface area contributed by atoms with Gasteiger partial charge >= 0.3 is 5.91 Å². The first-order valence-corrected chi connectivity index (χ1v) is 3.75. The molecule has 0 aliphatic carbocycles. The van der Waals surface area contributed by atoms with Crippen LogP contribution in [0.3, 0.4) is 0 Å². The van der Waals surface area contributed by atoms with Crippen LogP contribution in [0.15, 0.2) is 0 Å². The molecule has 1 amide bonds. The second kappa shape index (κ2) is 4.11. The Morgan fingerprint density at radius 2 is 1.91 bits per heavy atom. The molecular weight excluding hydrogens is 140 g/mol. The highest BCUT2D eigenvalue weighted by Crippen LogP contribution is 1.93. The molecule has 0 saturated heterocycles. The molecule has 0 rings (SSSR count). The van der Waals surface area contributed by atoms with E-state index in [1.807, 2.05) is 32.5 Å². The van der Waals surface area contributed by atoms with Gasteiger partial charge in [0.2, 0.25) is 6.34 Å². The summed E-state index contributed by atoms with van der Waals surface area (Å²) in [4.78, 5) is 12.7. The van der Waals surface area contributed by atoms with Crippen molar-refractivity contribution < 1.29 is 9.37 Å². The van der Waals surface area contributed by atoms with Crippen molar-refractivity contribution in [1.29, 1.82) is 0 Å². The van der Waals surface area contributed by atoms with Gasteiger partial charge in [-0.1, -0.05) is 0 Å². The Balaban J connectivity index is 4.36. The number of nitrogens with zero attached hydrogens (tertiary/aromatic N) is 2. The minimum absolute atomic E-state index is 0.0775. The Bertz CT molecular complexity index is 169. The van der Waals surface area contributed by atoms with Gasteiger partial charge in [0.05, 0.1) is 20.1 Å². The normalized spacial score (nSPS) is 9.64. The Kier molecular flexibility index (Phi) is 3.79. The molecule has 0 fully saturated rings. The smallest absolute Gasteiger partial charge is 0.273 e. The van der Waals surface area contributed by atoms with Crippen LogP contribution < -0.4 is 0 Å². The molecule has 0 N–H and O–H groups in total. The summed E-state index contributed by atoms with van der Waals surface area (Å²) in [6.45, 7) is 5.54. The number of carbonyl (C=O) groups excluding carboxylic acids is 1. The van der Waals surface area contributed by atoms with Crippen molar-refractivity contribution in [3.8, 4) is 0 Å². The molecule has 0 atom stereocenters. The fourth-order valence-corrected chi connectivity index (χ4v) is 0.827. The van der Waals surface area contributed by atoms with Gasteiger partial charge in [0.15, 0.2) is 0 Å². The van der Waals surface area contributed by atoms with Crippen molar-refractivity contribution in [3.05, 3.63) is 0 Å². The molecule has 0 saturated carbocycles. The van der Waals surface area contributed by atoms with Crippen LogP contribution in [0.1, 0.15) is 20.8 Å². The van der Waals surface area contributed by atoms with Crippen LogP contribution in [0, 0.1) is 0 Å². The zero-order valence-electron chi connectivity index (χ0n) is 7.96. The highest BCUT2D eigenvalue weighted by atomic mass is 16.2. The number of hydrogen-bond acceptors (Lipinski definition) is 1. The van der Waals surface area contributed by atoms with Crippen molar-refractivity contribution in [2.75, 3.05) is 14.1 Å². The zero-order chi connectivity index (χ0) is 9.02. The van der Waals surface area contributed by atoms with Crippen LogP contribution in [0.4, 0.5) is 0 Å². The SMILES string of the molecule is CC(=O)N(C=[N+](C)C)C(C)C. The number of hydrogen-bond donors (Lipinski definition) is 0. The fraction of sp³-hybridized carbons (Fsp3) is 0.750. The summed E-state index contributed by atoms with van der Waals surface area (Å²) in [5, 5.41) is 0. The van der Waals surface area contributed by atoms with E-state index < -0.39 is 0 Å². The molecule has 3 heteroatoms. The Morgan fingerprint density at radius 1 is 1.45 bits per heavy atom. The van der Waals surface area contributed by atoms with E-state index in [1.165, 1.54) is 0 Å². The van der Waals surface area contributed by atoms with Crippen LogP contribution >= 0.6 is 0 Å². The third-order valence-corrected chi connectivity index (χ3v) is 1.28. The lowest BCUT2D eigenvalue weighted by atomic mass is 10.3. The molecule has 0 aromatic carbocycles. The monoisotopic (exact) mass is 157 g/mol. The van der Waals surface area contributed by atoms with Gasteiger partial charge in [0.25, 0.3) is 0 Å². The summed E-state index contributed by atoms with van der Waals surface area (Å²) in [5.41, 5.74) is 0. The number of amides is 1. The van der Waals surface area contributed by atoms with Gasteiger partial charge < -0.3 is 0 Å². The van der Waals surface area contributed by atoms with E-state index in [1.54, 1.807) is 18.2 Å². The first-order chi connectivity index (χ1) is 4.95. The van der Waals surface area contributed by atoms with Crippen LogP contribution in [0.25, 0.3) is 0 Å². The topological polar surface area (TPSA) is 23.3 Å². The van der Waals surface area contributed by atoms with Gasteiger partial charge in [0, 0.05) is 6.92 Å². The first kappa shape index (κ1) is 10.1. The lowest BCUT2D eigenvalue weighted by molar-refractivity contribution is -0.464. The Labute approximate surface area is 68.3 Å². The van der Waals surface area contributed by atoms with E-state index in [-0.39, 0.29) is 11.9 Å². The molecule has 0 aliphatic heterocycles. The molecule has 11 heavy (non-hydrogen) atoms. The quantitative estimate of drug-likeness (QED) is 0.326. The minimum atomic E-state index is 0.0775. The van der Waals surface area contributed by atoms with Crippen LogP contribution in [0.2, 0.25) is 0 Å². The fourth-order valence-electron chi connectivity index (χ4n) is 0.827. The zero-order valence-corrected chi connectivity index (χ0v) is 7.96. The average Bonchev–Trinajstić information content (AvgIpc) is 1.81. The predicted molar refractivity (Wildman–Crippen MR) is 45.8 cm³/mol. The van der Waals surface area contributed by atoms with Gasteiger partial charge in [0.1, 0.15) is 0 Å². The first-order valence-electron chi connectivity index (χ1n) is 3.75. The molecule has 0 heterocycles. The summed E-state index contributed by atoms with van der Waals surface area (Å²) in [5.74, 6) is 0.0775. The molecule has 0 aliphatic rings. The molecule has 3 nitrogen and oxygen atoms in total. The summed E-state index contributed by atoms with van der Waals surface area (Å²) < 4.78 is 1.86. The van der Waals surface area contributed by atoms with E-state index in [0.717, 1.165) is 0 Å². The van der Waals surface area contributed by atoms with Crippen molar-refractivity contribution in [3.63, 3.8) is 0 Å². The summed E-state index contributed by atoms with van der Waals surface area (Å²) in [6.07, 6.45) is 1.80. The second-order valence-electron chi connectivity index (χ2n) is 3.10. The van der Waals surface area contributed by atoms with Gasteiger partial charge in [-0.15, -0.1) is 0 Å². The van der Waals surface area contributed by atoms with Gasteiger partial charge in [-0.25, -0.2) is 9.69 Å². The summed E-state index contributed by atoms with van der Waals surface area (Å²) >= 11 is 0. The van der Waals surface area contributed by atoms with Crippen molar-refractivity contribution in [1.82, 2.24) is 4.90 Å². The molecule has 64 valence electrons. The van der Waals surface area contributed by atoms with Crippen molar-refractivity contribution in [2.24, 2.45) is 0 Å². The molecule has 0 aromatic rings.